The molecule has 0 N–H and O–H groups in total. The lowest BCUT2D eigenvalue weighted by Gasteiger charge is -2.23. The number of rotatable bonds is 5. The molecule has 0 saturated carbocycles. The quantitative estimate of drug-likeness (QED) is 0.631. The molecule has 1 saturated heterocycles. The highest BCUT2D eigenvalue weighted by molar-refractivity contribution is 5.81. The molecule has 0 aromatic rings. The van der Waals surface area contributed by atoms with Crippen LogP contribution in [0.3, 0.4) is 0 Å². The molecule has 0 bridgehead atoms. The number of hydrogen-bond acceptors (Lipinski definition) is 2. The summed E-state index contributed by atoms with van der Waals surface area (Å²) in [7, 11) is 2.11. The van der Waals surface area contributed by atoms with Crippen molar-refractivity contribution in [2.24, 2.45) is 0 Å². The first-order valence-electron chi connectivity index (χ1n) is 5.89. The zero-order chi connectivity index (χ0) is 10.6. The maximum atomic E-state index is 11.3. The lowest BCUT2D eigenvalue weighted by atomic mass is 10.1. The van der Waals surface area contributed by atoms with Crippen molar-refractivity contribution in [1.29, 1.82) is 0 Å². The van der Waals surface area contributed by atoms with Crippen molar-refractivity contribution < 1.29 is 4.79 Å². The summed E-state index contributed by atoms with van der Waals surface area (Å²) in [5.74, 6) is 0.338. The Morgan fingerprint density at radius 1 is 1.36 bits per heavy atom. The fourth-order valence-electron chi connectivity index (χ4n) is 2.48. The first kappa shape index (κ1) is 11.7. The van der Waals surface area contributed by atoms with Crippen LogP contribution in [0.15, 0.2) is 0 Å². The summed E-state index contributed by atoms with van der Waals surface area (Å²) < 4.78 is 0. The van der Waals surface area contributed by atoms with Crippen molar-refractivity contribution in [3.8, 4) is 0 Å². The smallest absolute Gasteiger partial charge is 0.146 e. The van der Waals surface area contributed by atoms with Gasteiger partial charge in [-0.2, -0.15) is 0 Å². The largest absolute Gasteiger partial charge is 0.298 e. The number of unbranched alkanes of at least 4 members (excludes halogenated alkanes) is 2. The van der Waals surface area contributed by atoms with Gasteiger partial charge in [-0.25, -0.2) is 0 Å². The molecule has 2 unspecified atom stereocenters. The molecular weight excluding hydrogens is 174 g/mol. The standard InChI is InChI=1S/C12H23NO/c1-4-5-6-7-11-8-9-12(10(2)14)13(11)3/h11-12H,4-9H2,1-3H3. The molecule has 0 aromatic heterocycles. The topological polar surface area (TPSA) is 20.3 Å². The van der Waals surface area contributed by atoms with E-state index in [1.165, 1.54) is 32.1 Å². The van der Waals surface area contributed by atoms with Crippen LogP contribution in [0.1, 0.15) is 52.4 Å². The molecule has 82 valence electrons. The van der Waals surface area contributed by atoms with E-state index < -0.39 is 0 Å². The maximum absolute atomic E-state index is 11.3. The highest BCUT2D eigenvalue weighted by Gasteiger charge is 2.32. The van der Waals surface area contributed by atoms with Crippen LogP contribution in [-0.4, -0.2) is 29.8 Å². The Morgan fingerprint density at radius 3 is 2.57 bits per heavy atom. The molecule has 0 radical (unpaired) electrons. The molecule has 1 aliphatic rings. The minimum atomic E-state index is 0.210. The van der Waals surface area contributed by atoms with Gasteiger partial charge in [0.2, 0.25) is 0 Å². The number of nitrogens with zero attached hydrogens (tertiary/aromatic N) is 1. The van der Waals surface area contributed by atoms with Crippen molar-refractivity contribution >= 4 is 5.78 Å². The Bertz CT molecular complexity index is 191. The molecule has 2 nitrogen and oxygen atoms in total. The number of carbonyl (C=O) groups is 1. The lowest BCUT2D eigenvalue weighted by Crippen LogP contribution is -2.36. The van der Waals surface area contributed by atoms with E-state index in [1.54, 1.807) is 6.92 Å². The van der Waals surface area contributed by atoms with Gasteiger partial charge in [0.05, 0.1) is 6.04 Å². The monoisotopic (exact) mass is 197 g/mol. The van der Waals surface area contributed by atoms with Crippen LogP contribution in [0.4, 0.5) is 0 Å². The van der Waals surface area contributed by atoms with Gasteiger partial charge in [-0.3, -0.25) is 9.69 Å². The number of likely N-dealkylation sites (N-methyl/N-ethyl adjacent to an activating group) is 1. The van der Waals surface area contributed by atoms with E-state index in [4.69, 9.17) is 0 Å². The molecule has 2 heteroatoms. The van der Waals surface area contributed by atoms with Gasteiger partial charge in [0.25, 0.3) is 0 Å². The number of carbonyl (C=O) groups excluding carboxylic acids is 1. The Balaban J connectivity index is 2.32. The summed E-state index contributed by atoms with van der Waals surface area (Å²) in [6, 6.07) is 0.872. The van der Waals surface area contributed by atoms with Gasteiger partial charge in [-0.05, 0) is 33.2 Å². The first-order chi connectivity index (χ1) is 6.66. The Hall–Kier alpha value is -0.370. The summed E-state index contributed by atoms with van der Waals surface area (Å²) in [4.78, 5) is 13.6. The molecule has 0 amide bonds. The van der Waals surface area contributed by atoms with Gasteiger partial charge in [0.1, 0.15) is 5.78 Å². The van der Waals surface area contributed by atoms with Crippen LogP contribution in [-0.2, 0) is 4.79 Å². The van der Waals surface area contributed by atoms with Crippen LogP contribution in [0.25, 0.3) is 0 Å². The van der Waals surface area contributed by atoms with Crippen LogP contribution in [0.5, 0.6) is 0 Å². The lowest BCUT2D eigenvalue weighted by molar-refractivity contribution is -0.121. The second kappa shape index (κ2) is 5.50. The predicted molar refractivity (Wildman–Crippen MR) is 59.4 cm³/mol. The maximum Gasteiger partial charge on any atom is 0.146 e. The molecule has 0 aliphatic carbocycles. The Labute approximate surface area is 87.7 Å². The average molecular weight is 197 g/mol. The van der Waals surface area contributed by atoms with Crippen LogP contribution < -0.4 is 0 Å². The van der Waals surface area contributed by atoms with Gasteiger partial charge in [0.15, 0.2) is 0 Å². The van der Waals surface area contributed by atoms with Crippen molar-refractivity contribution in [3.63, 3.8) is 0 Å². The molecule has 1 rings (SSSR count). The fourth-order valence-corrected chi connectivity index (χ4v) is 2.48. The van der Waals surface area contributed by atoms with Gasteiger partial charge in [0, 0.05) is 6.04 Å². The summed E-state index contributed by atoms with van der Waals surface area (Å²) in [5.41, 5.74) is 0. The number of ketones is 1. The molecule has 1 fully saturated rings. The van der Waals surface area contributed by atoms with E-state index in [9.17, 15) is 4.79 Å². The minimum absolute atomic E-state index is 0.210. The van der Waals surface area contributed by atoms with Crippen molar-refractivity contribution in [2.75, 3.05) is 7.05 Å². The van der Waals surface area contributed by atoms with E-state index >= 15 is 0 Å². The van der Waals surface area contributed by atoms with Crippen molar-refractivity contribution in [1.82, 2.24) is 4.90 Å². The van der Waals surface area contributed by atoms with Gasteiger partial charge >= 0.3 is 0 Å². The number of hydrogen-bond donors (Lipinski definition) is 0. The third-order valence-corrected chi connectivity index (χ3v) is 3.45. The van der Waals surface area contributed by atoms with Gasteiger partial charge in [-0.15, -0.1) is 0 Å². The van der Waals surface area contributed by atoms with E-state index in [2.05, 4.69) is 18.9 Å². The SMILES string of the molecule is CCCCCC1CCC(C(C)=O)N1C. The molecule has 2 atom stereocenters. The molecule has 0 spiro atoms. The third-order valence-electron chi connectivity index (χ3n) is 3.45. The van der Waals surface area contributed by atoms with Crippen LogP contribution >= 0.6 is 0 Å². The normalized spacial score (nSPS) is 28.2. The molecule has 0 aromatic carbocycles. The molecule has 1 heterocycles. The average Bonchev–Trinajstić information content (AvgIpc) is 2.48. The molecular formula is C12H23NO. The van der Waals surface area contributed by atoms with Crippen LogP contribution in [0.2, 0.25) is 0 Å². The number of likely N-dealkylation sites (tertiary alicyclic amines) is 1. The summed E-state index contributed by atoms with van der Waals surface area (Å²) in [6.07, 6.45) is 7.49. The first-order valence-corrected chi connectivity index (χ1v) is 5.89. The second-order valence-corrected chi connectivity index (χ2v) is 4.52. The second-order valence-electron chi connectivity index (χ2n) is 4.52. The zero-order valence-electron chi connectivity index (χ0n) is 9.75. The fraction of sp³-hybridized carbons (Fsp3) is 0.917. The Morgan fingerprint density at radius 2 is 2.07 bits per heavy atom. The minimum Gasteiger partial charge on any atom is -0.298 e. The number of Topliss-reactive ketones (excluding diaryl/α,β-unsaturated/α-hetero) is 1. The highest BCUT2D eigenvalue weighted by Crippen LogP contribution is 2.26. The highest BCUT2D eigenvalue weighted by atomic mass is 16.1. The predicted octanol–water partition coefficient (Wildman–Crippen LogP) is 2.62. The molecule has 1 aliphatic heterocycles. The van der Waals surface area contributed by atoms with E-state index in [1.807, 2.05) is 0 Å². The van der Waals surface area contributed by atoms with Crippen LogP contribution in [0, 0.1) is 0 Å². The van der Waals surface area contributed by atoms with Gasteiger partial charge < -0.3 is 0 Å². The summed E-state index contributed by atoms with van der Waals surface area (Å²) in [6.45, 7) is 3.95. The van der Waals surface area contributed by atoms with E-state index in [0.29, 0.717) is 11.8 Å². The van der Waals surface area contributed by atoms with Crippen molar-refractivity contribution in [2.45, 2.75) is 64.5 Å². The summed E-state index contributed by atoms with van der Waals surface area (Å²) in [5, 5.41) is 0. The molecule has 14 heavy (non-hydrogen) atoms. The van der Waals surface area contributed by atoms with Crippen molar-refractivity contribution in [3.05, 3.63) is 0 Å². The third kappa shape index (κ3) is 2.81. The summed E-state index contributed by atoms with van der Waals surface area (Å²) >= 11 is 0. The van der Waals surface area contributed by atoms with E-state index in [-0.39, 0.29) is 6.04 Å². The Kier molecular flexibility index (Phi) is 4.59. The van der Waals surface area contributed by atoms with E-state index in [0.717, 1.165) is 6.42 Å². The van der Waals surface area contributed by atoms with Gasteiger partial charge in [-0.1, -0.05) is 26.2 Å². The zero-order valence-corrected chi connectivity index (χ0v) is 9.75.